The van der Waals surface area contributed by atoms with Crippen molar-refractivity contribution in [3.63, 3.8) is 0 Å². The summed E-state index contributed by atoms with van der Waals surface area (Å²) in [5, 5.41) is 0. The molecule has 0 unspecified atom stereocenters. The van der Waals surface area contributed by atoms with Gasteiger partial charge in [0.15, 0.2) is 0 Å². The molecular formula is C12H16O3. The van der Waals surface area contributed by atoms with Crippen LogP contribution in [0.15, 0.2) is 18.2 Å². The quantitative estimate of drug-likeness (QED) is 0.713. The Morgan fingerprint density at radius 1 is 1.27 bits per heavy atom. The van der Waals surface area contributed by atoms with Crippen LogP contribution in [0.4, 0.5) is 0 Å². The number of hydrogen-bond acceptors (Lipinski definition) is 3. The first-order chi connectivity index (χ1) is 7.19. The largest absolute Gasteiger partial charge is 0.493 e. The van der Waals surface area contributed by atoms with Crippen molar-refractivity contribution in [1.29, 1.82) is 0 Å². The highest BCUT2D eigenvalue weighted by molar-refractivity contribution is 5.92. The maximum atomic E-state index is 11.5. The van der Waals surface area contributed by atoms with Gasteiger partial charge in [-0.25, -0.2) is 4.79 Å². The van der Waals surface area contributed by atoms with Gasteiger partial charge in [0.25, 0.3) is 0 Å². The number of ether oxygens (including phenoxy) is 2. The minimum atomic E-state index is -0.332. The smallest absolute Gasteiger partial charge is 0.341 e. The molecule has 0 aliphatic heterocycles. The Bertz CT molecular complexity index is 345. The number of hydrogen-bond donors (Lipinski definition) is 0. The van der Waals surface area contributed by atoms with Crippen molar-refractivity contribution in [1.82, 2.24) is 0 Å². The molecule has 0 bridgehead atoms. The Morgan fingerprint density at radius 2 is 2.00 bits per heavy atom. The molecule has 3 heteroatoms. The van der Waals surface area contributed by atoms with Crippen LogP contribution in [-0.4, -0.2) is 19.2 Å². The molecule has 0 amide bonds. The minimum Gasteiger partial charge on any atom is -0.493 e. The molecule has 0 radical (unpaired) electrons. The molecular weight excluding hydrogens is 192 g/mol. The van der Waals surface area contributed by atoms with Crippen molar-refractivity contribution in [2.45, 2.75) is 20.8 Å². The van der Waals surface area contributed by atoms with E-state index in [4.69, 9.17) is 9.47 Å². The lowest BCUT2D eigenvalue weighted by molar-refractivity contribution is 0.0522. The van der Waals surface area contributed by atoms with Crippen LogP contribution < -0.4 is 4.74 Å². The van der Waals surface area contributed by atoms with E-state index in [9.17, 15) is 4.79 Å². The van der Waals surface area contributed by atoms with E-state index in [2.05, 4.69) is 0 Å². The van der Waals surface area contributed by atoms with Crippen molar-refractivity contribution < 1.29 is 14.3 Å². The van der Waals surface area contributed by atoms with Crippen LogP contribution in [0.5, 0.6) is 5.75 Å². The summed E-state index contributed by atoms with van der Waals surface area (Å²) in [5.41, 5.74) is 1.55. The van der Waals surface area contributed by atoms with Gasteiger partial charge in [0.2, 0.25) is 0 Å². The van der Waals surface area contributed by atoms with Crippen LogP contribution in [0.25, 0.3) is 0 Å². The molecule has 0 heterocycles. The second kappa shape index (κ2) is 5.39. The highest BCUT2D eigenvalue weighted by Crippen LogP contribution is 2.21. The Labute approximate surface area is 90.0 Å². The van der Waals surface area contributed by atoms with Gasteiger partial charge < -0.3 is 9.47 Å². The van der Waals surface area contributed by atoms with Gasteiger partial charge in [-0.3, -0.25) is 0 Å². The maximum absolute atomic E-state index is 11.5. The highest BCUT2D eigenvalue weighted by atomic mass is 16.5. The summed E-state index contributed by atoms with van der Waals surface area (Å²) in [5.74, 6) is 0.261. The SMILES string of the molecule is CCOC(=O)c1ccc(C)cc1OCC. The zero-order chi connectivity index (χ0) is 11.3. The van der Waals surface area contributed by atoms with E-state index in [1.807, 2.05) is 26.0 Å². The lowest BCUT2D eigenvalue weighted by atomic mass is 10.1. The predicted octanol–water partition coefficient (Wildman–Crippen LogP) is 2.57. The number of rotatable bonds is 4. The lowest BCUT2D eigenvalue weighted by Crippen LogP contribution is -2.07. The fourth-order valence-corrected chi connectivity index (χ4v) is 1.28. The van der Waals surface area contributed by atoms with Crippen molar-refractivity contribution in [2.75, 3.05) is 13.2 Å². The minimum absolute atomic E-state index is 0.332. The van der Waals surface area contributed by atoms with E-state index >= 15 is 0 Å². The Kier molecular flexibility index (Phi) is 4.16. The van der Waals surface area contributed by atoms with E-state index in [-0.39, 0.29) is 5.97 Å². The number of carbonyl (C=O) groups excluding carboxylic acids is 1. The zero-order valence-corrected chi connectivity index (χ0v) is 9.37. The van der Waals surface area contributed by atoms with Crippen LogP contribution in [0.3, 0.4) is 0 Å². The molecule has 0 spiro atoms. The van der Waals surface area contributed by atoms with Crippen LogP contribution >= 0.6 is 0 Å². The van der Waals surface area contributed by atoms with Crippen molar-refractivity contribution in [3.8, 4) is 5.75 Å². The molecule has 82 valence electrons. The van der Waals surface area contributed by atoms with Crippen LogP contribution in [-0.2, 0) is 4.74 Å². The molecule has 0 aliphatic rings. The summed E-state index contributed by atoms with van der Waals surface area (Å²) in [7, 11) is 0. The Morgan fingerprint density at radius 3 is 2.60 bits per heavy atom. The molecule has 15 heavy (non-hydrogen) atoms. The fraction of sp³-hybridized carbons (Fsp3) is 0.417. The van der Waals surface area contributed by atoms with Crippen molar-refractivity contribution in [3.05, 3.63) is 29.3 Å². The average Bonchev–Trinajstić information content (AvgIpc) is 2.18. The second-order valence-corrected chi connectivity index (χ2v) is 3.15. The second-order valence-electron chi connectivity index (χ2n) is 3.15. The molecule has 0 aromatic heterocycles. The molecule has 0 aliphatic carbocycles. The van der Waals surface area contributed by atoms with Gasteiger partial charge in [-0.1, -0.05) is 6.07 Å². The van der Waals surface area contributed by atoms with Crippen LogP contribution in [0.2, 0.25) is 0 Å². The Hall–Kier alpha value is -1.51. The number of benzene rings is 1. The van der Waals surface area contributed by atoms with E-state index in [1.165, 1.54) is 0 Å². The first kappa shape index (κ1) is 11.6. The van der Waals surface area contributed by atoms with E-state index in [0.717, 1.165) is 5.56 Å². The Balaban J connectivity index is 2.99. The molecule has 1 aromatic carbocycles. The van der Waals surface area contributed by atoms with Gasteiger partial charge in [-0.2, -0.15) is 0 Å². The summed E-state index contributed by atoms with van der Waals surface area (Å²) >= 11 is 0. The summed E-state index contributed by atoms with van der Waals surface area (Å²) in [6.07, 6.45) is 0. The maximum Gasteiger partial charge on any atom is 0.341 e. The topological polar surface area (TPSA) is 35.5 Å². The van der Waals surface area contributed by atoms with Gasteiger partial charge in [0.1, 0.15) is 11.3 Å². The van der Waals surface area contributed by atoms with Gasteiger partial charge in [0, 0.05) is 0 Å². The summed E-state index contributed by atoms with van der Waals surface area (Å²) in [4.78, 5) is 11.5. The molecule has 0 N–H and O–H groups in total. The molecule has 1 aromatic rings. The fourth-order valence-electron chi connectivity index (χ4n) is 1.28. The molecule has 1 rings (SSSR count). The van der Waals surface area contributed by atoms with E-state index < -0.39 is 0 Å². The van der Waals surface area contributed by atoms with Crippen molar-refractivity contribution in [2.24, 2.45) is 0 Å². The van der Waals surface area contributed by atoms with Gasteiger partial charge >= 0.3 is 5.97 Å². The number of aryl methyl sites for hydroxylation is 1. The van der Waals surface area contributed by atoms with E-state index in [0.29, 0.717) is 24.5 Å². The average molecular weight is 208 g/mol. The third-order valence-electron chi connectivity index (χ3n) is 1.93. The first-order valence-electron chi connectivity index (χ1n) is 5.09. The van der Waals surface area contributed by atoms with Crippen LogP contribution in [0.1, 0.15) is 29.8 Å². The first-order valence-corrected chi connectivity index (χ1v) is 5.09. The molecule has 0 fully saturated rings. The molecule has 0 saturated carbocycles. The summed E-state index contributed by atoms with van der Waals surface area (Å²) < 4.78 is 10.3. The van der Waals surface area contributed by atoms with Gasteiger partial charge in [0.05, 0.1) is 13.2 Å². The molecule has 0 saturated heterocycles. The van der Waals surface area contributed by atoms with Gasteiger partial charge in [-0.05, 0) is 38.5 Å². The lowest BCUT2D eigenvalue weighted by Gasteiger charge is -2.09. The number of esters is 1. The third kappa shape index (κ3) is 2.98. The van der Waals surface area contributed by atoms with Crippen LogP contribution in [0, 0.1) is 6.92 Å². The standard InChI is InChI=1S/C12H16O3/c1-4-14-11-8-9(3)6-7-10(11)12(13)15-5-2/h6-8H,4-5H2,1-3H3. The summed E-state index contributed by atoms with van der Waals surface area (Å²) in [6.45, 7) is 6.54. The number of carbonyl (C=O) groups is 1. The predicted molar refractivity (Wildman–Crippen MR) is 58.3 cm³/mol. The van der Waals surface area contributed by atoms with Gasteiger partial charge in [-0.15, -0.1) is 0 Å². The zero-order valence-electron chi connectivity index (χ0n) is 9.37. The monoisotopic (exact) mass is 208 g/mol. The molecule has 3 nitrogen and oxygen atoms in total. The van der Waals surface area contributed by atoms with Crippen molar-refractivity contribution >= 4 is 5.97 Å². The summed E-state index contributed by atoms with van der Waals surface area (Å²) in [6, 6.07) is 5.45. The van der Waals surface area contributed by atoms with E-state index in [1.54, 1.807) is 13.0 Å². The normalized spacial score (nSPS) is 9.80. The highest BCUT2D eigenvalue weighted by Gasteiger charge is 2.13. The molecule has 0 atom stereocenters. The third-order valence-corrected chi connectivity index (χ3v) is 1.93.